The molecule has 0 unspecified atom stereocenters. The van der Waals surface area contributed by atoms with Crippen LogP contribution in [-0.4, -0.2) is 30.9 Å². The SMILES string of the molecule is Brc1ccccc1OCCOc1ccc2c3c1c1c(n3CCC2)CCNCC1. The molecule has 0 saturated carbocycles. The highest BCUT2D eigenvalue weighted by atomic mass is 79.9. The molecule has 0 aliphatic carbocycles. The van der Waals surface area contributed by atoms with Crippen LogP contribution in [0.15, 0.2) is 40.9 Å². The molecule has 2 aliphatic heterocycles. The second-order valence-electron chi connectivity index (χ2n) is 7.50. The molecule has 2 aliphatic rings. The Morgan fingerprint density at radius 2 is 1.75 bits per heavy atom. The Bertz CT molecular complexity index is 1010. The molecule has 0 spiro atoms. The zero-order valence-corrected chi connectivity index (χ0v) is 17.6. The fraction of sp³-hybridized carbons (Fsp3) is 0.391. The summed E-state index contributed by atoms with van der Waals surface area (Å²) in [6, 6.07) is 12.4. The number of hydrogen-bond acceptors (Lipinski definition) is 3. The maximum Gasteiger partial charge on any atom is 0.133 e. The van der Waals surface area contributed by atoms with Gasteiger partial charge in [0, 0.05) is 30.6 Å². The second kappa shape index (κ2) is 7.80. The summed E-state index contributed by atoms with van der Waals surface area (Å²) in [4.78, 5) is 0. The van der Waals surface area contributed by atoms with E-state index < -0.39 is 0 Å². The number of halogens is 1. The average Bonchev–Trinajstić information content (AvgIpc) is 2.88. The normalized spacial score (nSPS) is 15.9. The number of para-hydroxylation sites is 1. The molecule has 146 valence electrons. The Morgan fingerprint density at radius 3 is 2.64 bits per heavy atom. The van der Waals surface area contributed by atoms with Crippen LogP contribution in [0, 0.1) is 0 Å². The summed E-state index contributed by atoms with van der Waals surface area (Å²) in [6.07, 6.45) is 4.58. The Labute approximate surface area is 174 Å². The first kappa shape index (κ1) is 18.1. The zero-order valence-electron chi connectivity index (χ0n) is 16.0. The lowest BCUT2D eigenvalue weighted by molar-refractivity contribution is 0.218. The van der Waals surface area contributed by atoms with E-state index in [4.69, 9.17) is 9.47 Å². The molecule has 0 bridgehead atoms. The first-order chi connectivity index (χ1) is 13.8. The van der Waals surface area contributed by atoms with Gasteiger partial charge < -0.3 is 19.4 Å². The van der Waals surface area contributed by atoms with Crippen LogP contribution in [0.4, 0.5) is 0 Å². The van der Waals surface area contributed by atoms with Crippen LogP contribution in [0.5, 0.6) is 11.5 Å². The number of benzene rings is 2. The minimum absolute atomic E-state index is 0.524. The summed E-state index contributed by atoms with van der Waals surface area (Å²) >= 11 is 3.52. The molecule has 3 heterocycles. The first-order valence-corrected chi connectivity index (χ1v) is 11.0. The van der Waals surface area contributed by atoms with Gasteiger partial charge in [-0.3, -0.25) is 0 Å². The largest absolute Gasteiger partial charge is 0.489 e. The Hall–Kier alpha value is -1.98. The third-order valence-corrected chi connectivity index (χ3v) is 6.48. The van der Waals surface area contributed by atoms with Crippen molar-refractivity contribution in [3.8, 4) is 11.5 Å². The molecule has 5 rings (SSSR count). The maximum absolute atomic E-state index is 6.25. The fourth-order valence-corrected chi connectivity index (χ4v) is 5.02. The van der Waals surface area contributed by atoms with Crippen molar-refractivity contribution in [3.05, 3.63) is 57.7 Å². The molecule has 0 saturated heterocycles. The highest BCUT2D eigenvalue weighted by molar-refractivity contribution is 9.10. The zero-order chi connectivity index (χ0) is 18.9. The minimum Gasteiger partial charge on any atom is -0.489 e. The maximum atomic E-state index is 6.25. The summed E-state index contributed by atoms with van der Waals surface area (Å²) in [5, 5.41) is 4.89. The molecule has 0 amide bonds. The standard InChI is InChI=1S/C23H25BrN2O2/c24-18-5-1-2-6-20(18)27-14-15-28-21-8-7-16-4-3-13-26-19-10-12-25-11-9-17(19)22(21)23(16)26/h1-2,5-8,25H,3-4,9-15H2. The summed E-state index contributed by atoms with van der Waals surface area (Å²) < 4.78 is 15.7. The number of aryl methyl sites for hydroxylation is 2. The first-order valence-electron chi connectivity index (χ1n) is 10.2. The third kappa shape index (κ3) is 3.20. The number of nitrogens with one attached hydrogen (secondary N) is 1. The van der Waals surface area contributed by atoms with Gasteiger partial charge in [0.05, 0.1) is 9.99 Å². The number of ether oxygens (including phenoxy) is 2. The highest BCUT2D eigenvalue weighted by Crippen LogP contribution is 2.39. The van der Waals surface area contributed by atoms with Gasteiger partial charge in [0.2, 0.25) is 0 Å². The van der Waals surface area contributed by atoms with E-state index in [1.165, 1.54) is 40.6 Å². The molecule has 1 aromatic heterocycles. The lowest BCUT2D eigenvalue weighted by Crippen LogP contribution is -2.18. The lowest BCUT2D eigenvalue weighted by Gasteiger charge is -2.19. The van der Waals surface area contributed by atoms with Crippen molar-refractivity contribution in [2.75, 3.05) is 26.3 Å². The summed E-state index contributed by atoms with van der Waals surface area (Å²) in [6.45, 7) is 4.30. The van der Waals surface area contributed by atoms with Crippen molar-refractivity contribution in [2.45, 2.75) is 32.2 Å². The van der Waals surface area contributed by atoms with Crippen molar-refractivity contribution >= 4 is 26.8 Å². The number of rotatable bonds is 5. The van der Waals surface area contributed by atoms with Crippen LogP contribution in [-0.2, 0) is 25.8 Å². The van der Waals surface area contributed by atoms with E-state index in [1.807, 2.05) is 24.3 Å². The van der Waals surface area contributed by atoms with Crippen molar-refractivity contribution < 1.29 is 9.47 Å². The van der Waals surface area contributed by atoms with E-state index in [0.29, 0.717) is 13.2 Å². The van der Waals surface area contributed by atoms with Gasteiger partial charge in [-0.25, -0.2) is 0 Å². The van der Waals surface area contributed by atoms with Crippen molar-refractivity contribution in [3.63, 3.8) is 0 Å². The van der Waals surface area contributed by atoms with Gasteiger partial charge in [-0.2, -0.15) is 0 Å². The van der Waals surface area contributed by atoms with Gasteiger partial charge in [0.1, 0.15) is 24.7 Å². The molecule has 2 aromatic carbocycles. The molecule has 0 fully saturated rings. The number of fused-ring (bicyclic) bond motifs is 3. The van der Waals surface area contributed by atoms with Crippen molar-refractivity contribution in [1.29, 1.82) is 0 Å². The molecule has 1 N–H and O–H groups in total. The van der Waals surface area contributed by atoms with Crippen LogP contribution < -0.4 is 14.8 Å². The van der Waals surface area contributed by atoms with Crippen LogP contribution in [0.25, 0.3) is 10.9 Å². The van der Waals surface area contributed by atoms with E-state index in [2.05, 4.69) is 37.9 Å². The van der Waals surface area contributed by atoms with E-state index in [9.17, 15) is 0 Å². The second-order valence-corrected chi connectivity index (χ2v) is 8.36. The average molecular weight is 441 g/mol. The predicted octanol–water partition coefficient (Wildman–Crippen LogP) is 4.50. The van der Waals surface area contributed by atoms with E-state index in [0.717, 1.165) is 48.4 Å². The van der Waals surface area contributed by atoms with Gasteiger partial charge in [0.15, 0.2) is 0 Å². The Balaban J connectivity index is 1.42. The molecule has 3 aromatic rings. The third-order valence-electron chi connectivity index (χ3n) is 5.82. The van der Waals surface area contributed by atoms with Crippen LogP contribution in [0.2, 0.25) is 0 Å². The molecule has 4 nitrogen and oxygen atoms in total. The Kier molecular flexibility index (Phi) is 5.03. The van der Waals surface area contributed by atoms with Gasteiger partial charge >= 0.3 is 0 Å². The summed E-state index contributed by atoms with van der Waals surface area (Å²) in [5.74, 6) is 1.86. The molecule has 5 heteroatoms. The molecular formula is C23H25BrN2O2. The molecule has 28 heavy (non-hydrogen) atoms. The van der Waals surface area contributed by atoms with Crippen LogP contribution in [0.1, 0.15) is 23.2 Å². The van der Waals surface area contributed by atoms with Gasteiger partial charge in [0.25, 0.3) is 0 Å². The van der Waals surface area contributed by atoms with Gasteiger partial charge in [-0.1, -0.05) is 18.2 Å². The van der Waals surface area contributed by atoms with Crippen molar-refractivity contribution in [1.82, 2.24) is 9.88 Å². The molecule has 0 radical (unpaired) electrons. The molecular weight excluding hydrogens is 416 g/mol. The smallest absolute Gasteiger partial charge is 0.133 e. The van der Waals surface area contributed by atoms with Crippen LogP contribution in [0.3, 0.4) is 0 Å². The number of aromatic nitrogens is 1. The van der Waals surface area contributed by atoms with Gasteiger partial charge in [-0.15, -0.1) is 0 Å². The quantitative estimate of drug-likeness (QED) is 0.593. The molecule has 0 atom stereocenters. The predicted molar refractivity (Wildman–Crippen MR) is 116 cm³/mol. The fourth-order valence-electron chi connectivity index (χ4n) is 4.62. The lowest BCUT2D eigenvalue weighted by atomic mass is 10.0. The van der Waals surface area contributed by atoms with Gasteiger partial charge in [-0.05, 0) is 71.1 Å². The van der Waals surface area contributed by atoms with E-state index in [1.54, 1.807) is 0 Å². The van der Waals surface area contributed by atoms with Crippen LogP contribution >= 0.6 is 15.9 Å². The van der Waals surface area contributed by atoms with E-state index in [-0.39, 0.29) is 0 Å². The van der Waals surface area contributed by atoms with Crippen molar-refractivity contribution in [2.24, 2.45) is 0 Å². The monoisotopic (exact) mass is 440 g/mol. The number of hydrogen-bond donors (Lipinski definition) is 1. The van der Waals surface area contributed by atoms with E-state index >= 15 is 0 Å². The minimum atomic E-state index is 0.524. The Morgan fingerprint density at radius 1 is 0.929 bits per heavy atom. The highest BCUT2D eigenvalue weighted by Gasteiger charge is 2.25. The number of nitrogens with zero attached hydrogens (tertiary/aromatic N) is 1. The topological polar surface area (TPSA) is 35.4 Å². The summed E-state index contributed by atoms with van der Waals surface area (Å²) in [5.41, 5.74) is 5.90. The summed E-state index contributed by atoms with van der Waals surface area (Å²) in [7, 11) is 0.